The average molecular weight is 598 g/mol. The Hall–Kier alpha value is -4.03. The summed E-state index contributed by atoms with van der Waals surface area (Å²) in [6, 6.07) is 2.57. The van der Waals surface area contributed by atoms with Crippen LogP contribution in [0.5, 0.6) is 5.75 Å². The molecule has 0 heterocycles. The number of carbonyl (C=O) groups excluding carboxylic acids is 5. The molecular formula is C31H39N3O9. The summed E-state index contributed by atoms with van der Waals surface area (Å²) in [5.74, 6) is -6.84. The first-order valence-electron chi connectivity index (χ1n) is 14.3. The van der Waals surface area contributed by atoms with Crippen LogP contribution in [0.25, 0.3) is 0 Å². The van der Waals surface area contributed by atoms with Crippen LogP contribution in [0.4, 0.5) is 5.69 Å². The highest BCUT2D eigenvalue weighted by Crippen LogP contribution is 2.54. The SMILES string of the molecule is CCCCOc1ccc(N(C)C)c2c1C(=O)C1=C(OC(C)=O)C3(O)C(=O)C(C(N)=O)=C(OC(C)=O)C(N(C)C)C3CC1C2. The quantitative estimate of drug-likeness (QED) is 0.242. The second-order valence-corrected chi connectivity index (χ2v) is 11.6. The van der Waals surface area contributed by atoms with Gasteiger partial charge in [-0.15, -0.1) is 0 Å². The largest absolute Gasteiger partial charge is 0.493 e. The number of hydrogen-bond donors (Lipinski definition) is 2. The van der Waals surface area contributed by atoms with Gasteiger partial charge in [-0.2, -0.15) is 0 Å². The molecule has 232 valence electrons. The van der Waals surface area contributed by atoms with Gasteiger partial charge in [-0.3, -0.25) is 28.9 Å². The van der Waals surface area contributed by atoms with Gasteiger partial charge in [0.1, 0.15) is 17.1 Å². The molecule has 0 saturated carbocycles. The number of nitrogens with two attached hydrogens (primary N) is 1. The number of ketones is 2. The van der Waals surface area contributed by atoms with Gasteiger partial charge in [0.05, 0.1) is 18.2 Å². The Kier molecular flexibility index (Phi) is 8.85. The normalized spacial score (nSPS) is 24.7. The Morgan fingerprint density at radius 2 is 1.72 bits per heavy atom. The number of unbranched alkanes of at least 4 members (excludes halogenated alkanes) is 1. The molecule has 12 nitrogen and oxygen atoms in total. The van der Waals surface area contributed by atoms with E-state index in [9.17, 15) is 29.1 Å². The number of aliphatic hydroxyl groups is 1. The van der Waals surface area contributed by atoms with Crippen LogP contribution in [0, 0.1) is 11.8 Å². The van der Waals surface area contributed by atoms with E-state index in [4.69, 9.17) is 19.9 Å². The maximum absolute atomic E-state index is 14.5. The number of ether oxygens (including phenoxy) is 3. The van der Waals surface area contributed by atoms with Crippen LogP contribution in [0.15, 0.2) is 34.8 Å². The van der Waals surface area contributed by atoms with E-state index in [0.717, 1.165) is 37.9 Å². The van der Waals surface area contributed by atoms with E-state index < -0.39 is 64.2 Å². The van der Waals surface area contributed by atoms with Crippen molar-refractivity contribution in [3.8, 4) is 5.75 Å². The molecule has 4 atom stereocenters. The summed E-state index contributed by atoms with van der Waals surface area (Å²) in [7, 11) is 6.96. The van der Waals surface area contributed by atoms with Crippen molar-refractivity contribution in [3.63, 3.8) is 0 Å². The van der Waals surface area contributed by atoms with Crippen molar-refractivity contribution in [2.75, 3.05) is 39.7 Å². The first-order chi connectivity index (χ1) is 20.2. The average Bonchev–Trinajstić information content (AvgIpc) is 2.89. The molecular weight excluding hydrogens is 558 g/mol. The minimum Gasteiger partial charge on any atom is -0.493 e. The number of primary amides is 1. The van der Waals surface area contributed by atoms with Crippen molar-refractivity contribution in [1.29, 1.82) is 0 Å². The number of likely N-dealkylation sites (N-methyl/N-ethyl adjacent to an activating group) is 1. The third kappa shape index (κ3) is 5.33. The third-order valence-corrected chi connectivity index (χ3v) is 8.26. The molecule has 12 heteroatoms. The van der Waals surface area contributed by atoms with Crippen LogP contribution in [-0.4, -0.2) is 85.9 Å². The van der Waals surface area contributed by atoms with Crippen LogP contribution in [0.3, 0.4) is 0 Å². The van der Waals surface area contributed by atoms with E-state index in [2.05, 4.69) is 0 Å². The van der Waals surface area contributed by atoms with Crippen molar-refractivity contribution in [1.82, 2.24) is 4.90 Å². The Labute approximate surface area is 250 Å². The van der Waals surface area contributed by atoms with E-state index in [0.29, 0.717) is 18.8 Å². The topological polar surface area (TPSA) is 166 Å². The molecule has 4 unspecified atom stereocenters. The first kappa shape index (κ1) is 31.9. The fourth-order valence-corrected chi connectivity index (χ4v) is 6.58. The number of benzene rings is 1. The minimum absolute atomic E-state index is 0.0386. The highest BCUT2D eigenvalue weighted by atomic mass is 16.6. The van der Waals surface area contributed by atoms with Gasteiger partial charge in [0.2, 0.25) is 5.78 Å². The molecule has 43 heavy (non-hydrogen) atoms. The van der Waals surface area contributed by atoms with Crippen LogP contribution in [0.1, 0.15) is 56.0 Å². The number of allylic oxidation sites excluding steroid dienone is 1. The molecule has 0 aliphatic heterocycles. The zero-order chi connectivity index (χ0) is 32.0. The van der Waals surface area contributed by atoms with E-state index in [1.807, 2.05) is 32.0 Å². The maximum Gasteiger partial charge on any atom is 0.307 e. The standard InChI is InChI=1S/C31H39N3O9/c1-8-9-12-41-21-11-10-20(33(4)5)18-13-17-14-19-25(34(6)7)27(42-15(2)35)24(30(32)39)28(38)31(19,40)29(43-16(3)36)22(17)26(37)23(18)21/h10-11,17,19,25,40H,8-9,12-14H2,1-7H3,(H2,32,39). The molecule has 3 N–H and O–H groups in total. The van der Waals surface area contributed by atoms with Crippen LogP contribution in [0.2, 0.25) is 0 Å². The number of anilines is 1. The van der Waals surface area contributed by atoms with Crippen molar-refractivity contribution in [2.24, 2.45) is 17.6 Å². The molecule has 0 saturated heterocycles. The summed E-state index contributed by atoms with van der Waals surface area (Å²) < 4.78 is 17.0. The third-order valence-electron chi connectivity index (χ3n) is 8.26. The smallest absolute Gasteiger partial charge is 0.307 e. The molecule has 4 rings (SSSR count). The summed E-state index contributed by atoms with van der Waals surface area (Å²) in [4.78, 5) is 69.3. The summed E-state index contributed by atoms with van der Waals surface area (Å²) in [6.07, 6.45) is 2.00. The van der Waals surface area contributed by atoms with Crippen molar-refractivity contribution < 1.29 is 43.3 Å². The van der Waals surface area contributed by atoms with E-state index >= 15 is 0 Å². The van der Waals surface area contributed by atoms with Crippen LogP contribution in [-0.2, 0) is 35.1 Å². The number of amides is 1. The summed E-state index contributed by atoms with van der Waals surface area (Å²) >= 11 is 0. The zero-order valence-electron chi connectivity index (χ0n) is 25.6. The van der Waals surface area contributed by atoms with Gasteiger partial charge in [0.15, 0.2) is 17.1 Å². The van der Waals surface area contributed by atoms with Gasteiger partial charge in [-0.1, -0.05) is 13.3 Å². The Morgan fingerprint density at radius 1 is 1.07 bits per heavy atom. The molecule has 0 fully saturated rings. The van der Waals surface area contributed by atoms with E-state index in [1.54, 1.807) is 25.1 Å². The van der Waals surface area contributed by atoms with Gasteiger partial charge in [0.25, 0.3) is 5.91 Å². The predicted octanol–water partition coefficient (Wildman–Crippen LogP) is 1.67. The molecule has 0 spiro atoms. The second-order valence-electron chi connectivity index (χ2n) is 11.6. The lowest BCUT2D eigenvalue weighted by Gasteiger charge is -2.51. The molecule has 3 aliphatic rings. The van der Waals surface area contributed by atoms with Gasteiger partial charge in [-0.05, 0) is 57.0 Å². The monoisotopic (exact) mass is 597 g/mol. The molecule has 1 amide bonds. The lowest BCUT2D eigenvalue weighted by atomic mass is 9.58. The lowest BCUT2D eigenvalue weighted by Crippen LogP contribution is -2.64. The number of rotatable bonds is 9. The minimum atomic E-state index is -2.64. The van der Waals surface area contributed by atoms with Crippen molar-refractivity contribution >= 4 is 35.1 Å². The first-order valence-corrected chi connectivity index (χ1v) is 14.3. The number of Topliss-reactive ketones (excluding diaryl/α,β-unsaturated/α-hetero) is 2. The van der Waals surface area contributed by atoms with Gasteiger partial charge in [-0.25, -0.2) is 0 Å². The predicted molar refractivity (Wildman–Crippen MR) is 155 cm³/mol. The summed E-state index contributed by atoms with van der Waals surface area (Å²) in [5, 5.41) is 12.4. The molecule has 3 aliphatic carbocycles. The molecule has 0 aromatic heterocycles. The van der Waals surface area contributed by atoms with Gasteiger partial charge in [0, 0.05) is 45.1 Å². The van der Waals surface area contributed by atoms with E-state index in [-0.39, 0.29) is 23.3 Å². The number of esters is 2. The zero-order valence-corrected chi connectivity index (χ0v) is 25.6. The Morgan fingerprint density at radius 3 is 2.26 bits per heavy atom. The molecule has 0 radical (unpaired) electrons. The Bertz CT molecular complexity index is 1460. The molecule has 0 bridgehead atoms. The van der Waals surface area contributed by atoms with Gasteiger partial charge < -0.3 is 30.0 Å². The number of fused-ring (bicyclic) bond motifs is 3. The fraction of sp³-hybridized carbons (Fsp3) is 0.516. The van der Waals surface area contributed by atoms with Gasteiger partial charge >= 0.3 is 11.9 Å². The van der Waals surface area contributed by atoms with E-state index in [1.165, 1.54) is 0 Å². The lowest BCUT2D eigenvalue weighted by molar-refractivity contribution is -0.158. The molecule has 1 aromatic rings. The highest BCUT2D eigenvalue weighted by Gasteiger charge is 2.64. The number of carbonyl (C=O) groups is 5. The summed E-state index contributed by atoms with van der Waals surface area (Å²) in [6.45, 7) is 4.60. The van der Waals surface area contributed by atoms with Crippen LogP contribution >= 0.6 is 0 Å². The second kappa shape index (κ2) is 11.9. The Balaban J connectivity index is 2.04. The number of hydrogen-bond acceptors (Lipinski definition) is 11. The maximum atomic E-state index is 14.5. The fourth-order valence-electron chi connectivity index (χ4n) is 6.58. The summed E-state index contributed by atoms with van der Waals surface area (Å²) in [5.41, 5.74) is 3.97. The highest BCUT2D eigenvalue weighted by molar-refractivity contribution is 6.25. The van der Waals surface area contributed by atoms with Crippen LogP contribution < -0.4 is 15.4 Å². The van der Waals surface area contributed by atoms with Crippen molar-refractivity contribution in [3.05, 3.63) is 45.9 Å². The number of nitrogens with zero attached hydrogens (tertiary/aromatic N) is 2. The van der Waals surface area contributed by atoms with Crippen molar-refractivity contribution in [2.45, 2.75) is 58.1 Å². The molecule has 1 aromatic carbocycles.